The van der Waals surface area contributed by atoms with Crippen molar-refractivity contribution in [2.75, 3.05) is 24.9 Å². The number of benzene rings is 1. The molecule has 0 radical (unpaired) electrons. The molecule has 1 unspecified atom stereocenters. The summed E-state index contributed by atoms with van der Waals surface area (Å²) in [6.45, 7) is 2.24. The summed E-state index contributed by atoms with van der Waals surface area (Å²) in [6, 6.07) is 5.50. The molecular formula is C18H20FN5O3S. The van der Waals surface area contributed by atoms with Gasteiger partial charge in [-0.05, 0) is 36.8 Å². The number of nitrogens with zero attached hydrogens (tertiary/aromatic N) is 4. The van der Waals surface area contributed by atoms with E-state index in [9.17, 15) is 12.8 Å². The Bertz CT molecular complexity index is 1030. The van der Waals surface area contributed by atoms with Crippen molar-refractivity contribution in [2.24, 2.45) is 4.99 Å². The average Bonchev–Trinajstić information content (AvgIpc) is 3.07. The molecular weight excluding hydrogens is 385 g/mol. The number of hydrogen-bond acceptors (Lipinski definition) is 7. The van der Waals surface area contributed by atoms with Crippen LogP contribution in [0.4, 0.5) is 10.1 Å². The molecule has 1 aromatic carbocycles. The van der Waals surface area contributed by atoms with E-state index in [1.54, 1.807) is 36.7 Å². The van der Waals surface area contributed by atoms with Crippen molar-refractivity contribution in [3.05, 3.63) is 65.3 Å². The van der Waals surface area contributed by atoms with E-state index in [1.165, 1.54) is 12.1 Å². The van der Waals surface area contributed by atoms with Crippen molar-refractivity contribution >= 4 is 21.9 Å². The summed E-state index contributed by atoms with van der Waals surface area (Å²) in [6.07, 6.45) is 6.44. The van der Waals surface area contributed by atoms with Crippen LogP contribution in [0.25, 0.3) is 0 Å². The highest BCUT2D eigenvalue weighted by Crippen LogP contribution is 2.38. The van der Waals surface area contributed by atoms with Crippen LogP contribution in [0.3, 0.4) is 0 Å². The van der Waals surface area contributed by atoms with Crippen molar-refractivity contribution < 1.29 is 17.6 Å². The Hall–Kier alpha value is -2.69. The molecule has 0 spiro atoms. The maximum atomic E-state index is 13.4. The van der Waals surface area contributed by atoms with Crippen LogP contribution >= 0.6 is 0 Å². The number of hydroxylamine groups is 2. The second-order valence-corrected chi connectivity index (χ2v) is 8.51. The SMILES string of the molecule is CON1C=C2C=NC3=C(N2C1)N(c1ccc(F)cc1)C=C(C)C3NS(C)(=O)=O. The van der Waals surface area contributed by atoms with E-state index in [1.807, 2.05) is 22.9 Å². The average molecular weight is 405 g/mol. The number of aliphatic imine (C=N–C) groups is 1. The zero-order valence-electron chi connectivity index (χ0n) is 15.6. The van der Waals surface area contributed by atoms with Crippen LogP contribution < -0.4 is 9.62 Å². The van der Waals surface area contributed by atoms with Gasteiger partial charge in [-0.3, -0.25) is 9.83 Å². The number of nitrogens with one attached hydrogen (secondary N) is 1. The molecule has 3 aliphatic heterocycles. The van der Waals surface area contributed by atoms with Crippen LogP contribution in [-0.4, -0.2) is 50.7 Å². The summed E-state index contributed by atoms with van der Waals surface area (Å²) < 4.78 is 39.9. The summed E-state index contributed by atoms with van der Waals surface area (Å²) in [7, 11) is -1.90. The fraction of sp³-hybridized carbons (Fsp3) is 0.278. The molecule has 10 heteroatoms. The van der Waals surface area contributed by atoms with Gasteiger partial charge >= 0.3 is 0 Å². The molecule has 1 N–H and O–H groups in total. The fourth-order valence-electron chi connectivity index (χ4n) is 3.39. The predicted octanol–water partition coefficient (Wildman–Crippen LogP) is 1.70. The number of sulfonamides is 1. The molecule has 0 aromatic heterocycles. The molecule has 8 nitrogen and oxygen atoms in total. The third kappa shape index (κ3) is 3.30. The first-order valence-electron chi connectivity index (χ1n) is 8.55. The van der Waals surface area contributed by atoms with Crippen LogP contribution in [0.15, 0.2) is 64.4 Å². The number of allylic oxidation sites excluding steroid dienone is 1. The Morgan fingerprint density at radius 3 is 2.61 bits per heavy atom. The topological polar surface area (TPSA) is 77.5 Å². The Balaban J connectivity index is 1.84. The summed E-state index contributed by atoms with van der Waals surface area (Å²) in [5.41, 5.74) is 2.86. The first kappa shape index (κ1) is 18.7. The molecule has 1 atom stereocenters. The van der Waals surface area contributed by atoms with E-state index in [0.29, 0.717) is 18.2 Å². The highest BCUT2D eigenvalue weighted by atomic mass is 32.2. The van der Waals surface area contributed by atoms with Gasteiger partial charge in [0.25, 0.3) is 0 Å². The van der Waals surface area contributed by atoms with Gasteiger partial charge in [0.15, 0.2) is 0 Å². The minimum atomic E-state index is -3.47. The molecule has 1 aromatic rings. The molecule has 0 bridgehead atoms. The van der Waals surface area contributed by atoms with E-state index >= 15 is 0 Å². The van der Waals surface area contributed by atoms with E-state index in [4.69, 9.17) is 4.84 Å². The smallest absolute Gasteiger partial charge is 0.209 e. The number of hydrogen-bond donors (Lipinski definition) is 1. The summed E-state index contributed by atoms with van der Waals surface area (Å²) in [5, 5.41) is 1.64. The standard InChI is InChI=1S/C18H20FN5O3S/c1-12-9-23(14-6-4-13(19)5-7-14)18-17(16(12)21-28(3,25)26)20-8-15-10-22(27-2)11-24(15)18/h4-10,16,21H,11H2,1-3H3. The lowest BCUT2D eigenvalue weighted by molar-refractivity contribution is -0.0951. The van der Waals surface area contributed by atoms with E-state index in [-0.39, 0.29) is 5.82 Å². The fourth-order valence-corrected chi connectivity index (χ4v) is 4.11. The van der Waals surface area contributed by atoms with Gasteiger partial charge in [-0.25, -0.2) is 22.6 Å². The zero-order valence-corrected chi connectivity index (χ0v) is 16.4. The lowest BCUT2D eigenvalue weighted by atomic mass is 10.0. The monoisotopic (exact) mass is 405 g/mol. The summed E-state index contributed by atoms with van der Waals surface area (Å²) in [4.78, 5) is 13.7. The quantitative estimate of drug-likeness (QED) is 0.822. The molecule has 4 rings (SSSR count). The maximum absolute atomic E-state index is 13.4. The largest absolute Gasteiger partial charge is 0.302 e. The van der Waals surface area contributed by atoms with Crippen LogP contribution in [0.2, 0.25) is 0 Å². The first-order chi connectivity index (χ1) is 13.3. The molecule has 0 saturated heterocycles. The van der Waals surface area contributed by atoms with Crippen molar-refractivity contribution in [1.29, 1.82) is 0 Å². The lowest BCUT2D eigenvalue weighted by Crippen LogP contribution is -2.46. The summed E-state index contributed by atoms with van der Waals surface area (Å²) in [5.74, 6) is 0.355. The highest BCUT2D eigenvalue weighted by molar-refractivity contribution is 7.88. The van der Waals surface area contributed by atoms with E-state index < -0.39 is 16.1 Å². The lowest BCUT2D eigenvalue weighted by Gasteiger charge is -2.40. The molecule has 148 valence electrons. The molecule has 3 heterocycles. The summed E-state index contributed by atoms with van der Waals surface area (Å²) >= 11 is 0. The normalized spacial score (nSPS) is 21.6. The van der Waals surface area contributed by atoms with Gasteiger partial charge in [-0.15, -0.1) is 0 Å². The number of anilines is 1. The van der Waals surface area contributed by atoms with E-state index in [0.717, 1.165) is 23.2 Å². The second kappa shape index (κ2) is 6.73. The van der Waals surface area contributed by atoms with Crippen molar-refractivity contribution in [3.63, 3.8) is 0 Å². The highest BCUT2D eigenvalue weighted by Gasteiger charge is 2.38. The Labute approximate surface area is 162 Å². The van der Waals surface area contributed by atoms with Gasteiger partial charge in [0.1, 0.15) is 24.0 Å². The zero-order chi connectivity index (χ0) is 20.1. The number of halogens is 1. The van der Waals surface area contributed by atoms with Gasteiger partial charge < -0.3 is 9.80 Å². The maximum Gasteiger partial charge on any atom is 0.209 e. The minimum Gasteiger partial charge on any atom is -0.302 e. The Morgan fingerprint density at radius 1 is 1.25 bits per heavy atom. The third-order valence-electron chi connectivity index (χ3n) is 4.65. The van der Waals surface area contributed by atoms with Gasteiger partial charge in [0.05, 0.1) is 37.5 Å². The third-order valence-corrected chi connectivity index (χ3v) is 5.31. The first-order valence-corrected chi connectivity index (χ1v) is 10.4. The minimum absolute atomic E-state index is 0.332. The van der Waals surface area contributed by atoms with Crippen molar-refractivity contribution in [1.82, 2.24) is 14.7 Å². The van der Waals surface area contributed by atoms with Gasteiger partial charge in [-0.1, -0.05) is 0 Å². The van der Waals surface area contributed by atoms with Crippen LogP contribution in [0, 0.1) is 5.82 Å². The van der Waals surface area contributed by atoms with Crippen molar-refractivity contribution in [3.8, 4) is 0 Å². The van der Waals surface area contributed by atoms with Crippen molar-refractivity contribution in [2.45, 2.75) is 13.0 Å². The van der Waals surface area contributed by atoms with Crippen LogP contribution in [0.5, 0.6) is 0 Å². The van der Waals surface area contributed by atoms with Crippen LogP contribution in [-0.2, 0) is 14.9 Å². The Morgan fingerprint density at radius 2 is 1.96 bits per heavy atom. The number of fused-ring (bicyclic) bond motifs is 2. The van der Waals surface area contributed by atoms with Gasteiger partial charge in [0.2, 0.25) is 10.0 Å². The molecule has 3 aliphatic rings. The molecule has 0 saturated carbocycles. The predicted molar refractivity (Wildman–Crippen MR) is 104 cm³/mol. The van der Waals surface area contributed by atoms with Gasteiger partial charge in [-0.2, -0.15) is 0 Å². The molecule has 0 fully saturated rings. The molecule has 28 heavy (non-hydrogen) atoms. The van der Waals surface area contributed by atoms with Crippen LogP contribution in [0.1, 0.15) is 6.92 Å². The Kier molecular flexibility index (Phi) is 4.48. The molecule has 0 amide bonds. The molecule has 0 aliphatic carbocycles. The van der Waals surface area contributed by atoms with Gasteiger partial charge in [0, 0.05) is 11.9 Å². The second-order valence-electron chi connectivity index (χ2n) is 6.73. The van der Waals surface area contributed by atoms with E-state index in [2.05, 4.69) is 9.71 Å². The number of rotatable bonds is 4.